The van der Waals surface area contributed by atoms with Gasteiger partial charge in [0.2, 0.25) is 0 Å². The summed E-state index contributed by atoms with van der Waals surface area (Å²) in [6, 6.07) is 18.6. The van der Waals surface area contributed by atoms with Crippen LogP contribution in [-0.2, 0) is 0 Å². The fourth-order valence-corrected chi connectivity index (χ4v) is 2.35. The molecule has 0 radical (unpaired) electrons. The van der Waals surface area contributed by atoms with Crippen molar-refractivity contribution in [1.29, 1.82) is 0 Å². The standard InChI is InChI=1S/C18H17N3/c1-14-17(8-5-11-20-14)21-18(15-6-3-2-4-7-15)16-9-12-19-13-10-16/h2-13,18,21H,1H3. The summed E-state index contributed by atoms with van der Waals surface area (Å²) in [7, 11) is 0. The largest absolute Gasteiger partial charge is 0.373 e. The number of hydrogen-bond acceptors (Lipinski definition) is 3. The van der Waals surface area contributed by atoms with Crippen molar-refractivity contribution in [1.82, 2.24) is 9.97 Å². The zero-order valence-corrected chi connectivity index (χ0v) is 11.9. The van der Waals surface area contributed by atoms with E-state index in [9.17, 15) is 0 Å². The summed E-state index contributed by atoms with van der Waals surface area (Å²) >= 11 is 0. The maximum atomic E-state index is 4.34. The summed E-state index contributed by atoms with van der Waals surface area (Å²) in [5.74, 6) is 0. The second-order valence-corrected chi connectivity index (χ2v) is 4.90. The zero-order chi connectivity index (χ0) is 14.5. The second-order valence-electron chi connectivity index (χ2n) is 4.90. The highest BCUT2D eigenvalue weighted by atomic mass is 14.9. The molecule has 0 aliphatic carbocycles. The van der Waals surface area contributed by atoms with Gasteiger partial charge < -0.3 is 5.32 Å². The Morgan fingerprint density at radius 3 is 2.24 bits per heavy atom. The van der Waals surface area contributed by atoms with Gasteiger partial charge in [0.05, 0.1) is 17.4 Å². The number of aromatic nitrogens is 2. The van der Waals surface area contributed by atoms with Crippen molar-refractivity contribution in [3.8, 4) is 0 Å². The van der Waals surface area contributed by atoms with Gasteiger partial charge in [-0.15, -0.1) is 0 Å². The number of nitrogens with zero attached hydrogens (tertiary/aromatic N) is 2. The van der Waals surface area contributed by atoms with Crippen LogP contribution in [0.3, 0.4) is 0 Å². The maximum absolute atomic E-state index is 4.34. The molecule has 1 aromatic carbocycles. The van der Waals surface area contributed by atoms with E-state index in [1.165, 1.54) is 11.1 Å². The van der Waals surface area contributed by atoms with Gasteiger partial charge in [-0.1, -0.05) is 30.3 Å². The molecule has 0 spiro atoms. The minimum atomic E-state index is 0.0806. The molecule has 0 fully saturated rings. The van der Waals surface area contributed by atoms with Crippen molar-refractivity contribution in [3.63, 3.8) is 0 Å². The van der Waals surface area contributed by atoms with E-state index in [4.69, 9.17) is 0 Å². The fourth-order valence-electron chi connectivity index (χ4n) is 2.35. The van der Waals surface area contributed by atoms with Crippen LogP contribution in [0.2, 0.25) is 0 Å². The molecule has 0 aliphatic heterocycles. The molecule has 104 valence electrons. The van der Waals surface area contributed by atoms with E-state index in [-0.39, 0.29) is 6.04 Å². The number of rotatable bonds is 4. The van der Waals surface area contributed by atoms with Crippen LogP contribution in [0, 0.1) is 6.92 Å². The van der Waals surface area contributed by atoms with Gasteiger partial charge in [0.15, 0.2) is 0 Å². The molecule has 21 heavy (non-hydrogen) atoms. The Bertz CT molecular complexity index is 656. The van der Waals surface area contributed by atoms with Crippen LogP contribution in [0.4, 0.5) is 5.69 Å². The van der Waals surface area contributed by atoms with Crippen molar-refractivity contribution in [3.05, 3.63) is 90.0 Å². The van der Waals surface area contributed by atoms with E-state index >= 15 is 0 Å². The molecule has 3 heteroatoms. The summed E-state index contributed by atoms with van der Waals surface area (Å²) in [4.78, 5) is 8.45. The Hall–Kier alpha value is -2.68. The van der Waals surface area contributed by atoms with Gasteiger partial charge in [-0.3, -0.25) is 9.97 Å². The van der Waals surface area contributed by atoms with Crippen molar-refractivity contribution in [2.45, 2.75) is 13.0 Å². The third-order valence-corrected chi connectivity index (χ3v) is 3.48. The molecule has 1 unspecified atom stereocenters. The van der Waals surface area contributed by atoms with Gasteiger partial charge in [-0.25, -0.2) is 0 Å². The Morgan fingerprint density at radius 1 is 0.810 bits per heavy atom. The Balaban J connectivity index is 1.99. The number of benzene rings is 1. The minimum Gasteiger partial charge on any atom is -0.373 e. The molecular formula is C18H17N3. The number of nitrogens with one attached hydrogen (secondary N) is 1. The first-order valence-corrected chi connectivity index (χ1v) is 6.97. The smallest absolute Gasteiger partial charge is 0.0769 e. The molecule has 2 heterocycles. The minimum absolute atomic E-state index is 0.0806. The van der Waals surface area contributed by atoms with E-state index in [0.29, 0.717) is 0 Å². The van der Waals surface area contributed by atoms with Crippen molar-refractivity contribution >= 4 is 5.69 Å². The Kier molecular flexibility index (Phi) is 3.92. The molecule has 3 aromatic rings. The van der Waals surface area contributed by atoms with Crippen LogP contribution in [0.25, 0.3) is 0 Å². The fraction of sp³-hybridized carbons (Fsp3) is 0.111. The monoisotopic (exact) mass is 275 g/mol. The first-order chi connectivity index (χ1) is 10.3. The third-order valence-electron chi connectivity index (χ3n) is 3.48. The van der Waals surface area contributed by atoms with Crippen LogP contribution in [0.1, 0.15) is 22.9 Å². The summed E-state index contributed by atoms with van der Waals surface area (Å²) in [6.45, 7) is 2.01. The lowest BCUT2D eigenvalue weighted by atomic mass is 9.99. The zero-order valence-electron chi connectivity index (χ0n) is 11.9. The van der Waals surface area contributed by atoms with Crippen LogP contribution in [0.5, 0.6) is 0 Å². The van der Waals surface area contributed by atoms with E-state index in [1.807, 2.05) is 49.8 Å². The molecule has 0 saturated heterocycles. The molecule has 2 aromatic heterocycles. The van der Waals surface area contributed by atoms with E-state index in [0.717, 1.165) is 11.4 Å². The van der Waals surface area contributed by atoms with Gasteiger partial charge in [-0.2, -0.15) is 0 Å². The quantitative estimate of drug-likeness (QED) is 0.782. The molecule has 1 atom stereocenters. The van der Waals surface area contributed by atoms with Crippen LogP contribution < -0.4 is 5.32 Å². The lowest BCUT2D eigenvalue weighted by molar-refractivity contribution is 0.926. The second kappa shape index (κ2) is 6.18. The summed E-state index contributed by atoms with van der Waals surface area (Å²) < 4.78 is 0. The first-order valence-electron chi connectivity index (χ1n) is 6.97. The predicted octanol–water partition coefficient (Wildman–Crippen LogP) is 3.99. The predicted molar refractivity (Wildman–Crippen MR) is 85.1 cm³/mol. The summed E-state index contributed by atoms with van der Waals surface area (Å²) in [5, 5.41) is 3.59. The highest BCUT2D eigenvalue weighted by Gasteiger charge is 2.14. The van der Waals surface area contributed by atoms with Gasteiger partial charge in [0.25, 0.3) is 0 Å². The van der Waals surface area contributed by atoms with Crippen LogP contribution >= 0.6 is 0 Å². The van der Waals surface area contributed by atoms with E-state index < -0.39 is 0 Å². The van der Waals surface area contributed by atoms with Gasteiger partial charge in [0.1, 0.15) is 0 Å². The maximum Gasteiger partial charge on any atom is 0.0769 e. The molecule has 0 bridgehead atoms. The lowest BCUT2D eigenvalue weighted by Gasteiger charge is -2.21. The number of anilines is 1. The molecular weight excluding hydrogens is 258 g/mol. The van der Waals surface area contributed by atoms with Crippen LogP contribution in [0.15, 0.2) is 73.2 Å². The highest BCUT2D eigenvalue weighted by molar-refractivity contribution is 5.51. The highest BCUT2D eigenvalue weighted by Crippen LogP contribution is 2.27. The first kappa shape index (κ1) is 13.3. The molecule has 0 saturated carbocycles. The van der Waals surface area contributed by atoms with Crippen molar-refractivity contribution in [2.24, 2.45) is 0 Å². The summed E-state index contributed by atoms with van der Waals surface area (Å²) in [5.41, 5.74) is 4.43. The van der Waals surface area contributed by atoms with Crippen molar-refractivity contribution in [2.75, 3.05) is 5.32 Å². The van der Waals surface area contributed by atoms with Gasteiger partial charge in [0, 0.05) is 18.6 Å². The molecule has 0 amide bonds. The summed E-state index contributed by atoms with van der Waals surface area (Å²) in [6.07, 6.45) is 5.45. The number of hydrogen-bond donors (Lipinski definition) is 1. The third kappa shape index (κ3) is 3.08. The molecule has 1 N–H and O–H groups in total. The molecule has 0 aliphatic rings. The average Bonchev–Trinajstić information content (AvgIpc) is 2.56. The topological polar surface area (TPSA) is 37.8 Å². The van der Waals surface area contributed by atoms with E-state index in [2.05, 4.69) is 45.6 Å². The SMILES string of the molecule is Cc1ncccc1NC(c1ccccc1)c1ccncc1. The van der Waals surface area contributed by atoms with Crippen molar-refractivity contribution < 1.29 is 0 Å². The van der Waals surface area contributed by atoms with Gasteiger partial charge >= 0.3 is 0 Å². The number of aryl methyl sites for hydroxylation is 1. The molecule has 3 nitrogen and oxygen atoms in total. The normalized spacial score (nSPS) is 11.9. The average molecular weight is 275 g/mol. The number of pyridine rings is 2. The molecule has 3 rings (SSSR count). The van der Waals surface area contributed by atoms with Crippen LogP contribution in [-0.4, -0.2) is 9.97 Å². The Labute approximate surface area is 124 Å². The van der Waals surface area contributed by atoms with E-state index in [1.54, 1.807) is 0 Å². The van der Waals surface area contributed by atoms with Gasteiger partial charge in [-0.05, 0) is 42.3 Å². The lowest BCUT2D eigenvalue weighted by Crippen LogP contribution is -2.13. The Morgan fingerprint density at radius 2 is 1.52 bits per heavy atom.